The number of thioether (sulfide) groups is 1. The summed E-state index contributed by atoms with van der Waals surface area (Å²) in [5.74, 6) is 1.25. The summed E-state index contributed by atoms with van der Waals surface area (Å²) in [5, 5.41) is 3.41. The lowest BCUT2D eigenvalue weighted by Gasteiger charge is -2.27. The van der Waals surface area contributed by atoms with Crippen molar-refractivity contribution >= 4 is 22.9 Å². The summed E-state index contributed by atoms with van der Waals surface area (Å²) < 4.78 is 6.03. The van der Waals surface area contributed by atoms with Gasteiger partial charge in [-0.05, 0) is 44.2 Å². The highest BCUT2D eigenvalue weighted by Gasteiger charge is 2.29. The normalized spacial score (nSPS) is 21.5. The van der Waals surface area contributed by atoms with E-state index in [4.69, 9.17) is 4.74 Å². The van der Waals surface area contributed by atoms with Gasteiger partial charge in [-0.2, -0.15) is 0 Å². The van der Waals surface area contributed by atoms with E-state index in [0.717, 1.165) is 49.7 Å². The lowest BCUT2D eigenvalue weighted by Crippen LogP contribution is -2.39. The number of hydrogen-bond donors (Lipinski definition) is 1. The van der Waals surface area contributed by atoms with Crippen LogP contribution in [0, 0.1) is 0 Å². The number of para-hydroxylation sites is 1. The van der Waals surface area contributed by atoms with E-state index in [-0.39, 0.29) is 17.3 Å². The van der Waals surface area contributed by atoms with E-state index in [9.17, 15) is 9.59 Å². The van der Waals surface area contributed by atoms with Crippen LogP contribution < -0.4 is 10.1 Å². The summed E-state index contributed by atoms with van der Waals surface area (Å²) in [6.07, 6.45) is 4.07. The number of imide groups is 1. The molecule has 2 aliphatic heterocycles. The van der Waals surface area contributed by atoms with Gasteiger partial charge in [0.2, 0.25) is 5.91 Å². The SMILES string of the molecule is CC(CCCN1C(=O)CSC1=O)NCC1CCc2ccccc2O1. The fraction of sp³-hybridized carbons (Fsp3) is 0.556. The molecule has 5 nitrogen and oxygen atoms in total. The highest BCUT2D eigenvalue weighted by atomic mass is 32.2. The predicted molar refractivity (Wildman–Crippen MR) is 95.4 cm³/mol. The van der Waals surface area contributed by atoms with E-state index >= 15 is 0 Å². The highest BCUT2D eigenvalue weighted by molar-refractivity contribution is 8.14. The van der Waals surface area contributed by atoms with Crippen LogP contribution in [0.3, 0.4) is 0 Å². The average Bonchev–Trinajstić information content (AvgIpc) is 2.91. The Balaban J connectivity index is 1.35. The molecule has 0 aromatic heterocycles. The summed E-state index contributed by atoms with van der Waals surface area (Å²) >= 11 is 1.10. The number of fused-ring (bicyclic) bond motifs is 1. The van der Waals surface area contributed by atoms with Crippen molar-refractivity contribution in [2.75, 3.05) is 18.8 Å². The first-order chi connectivity index (χ1) is 11.6. The van der Waals surface area contributed by atoms with E-state index < -0.39 is 0 Å². The molecule has 0 radical (unpaired) electrons. The first kappa shape index (κ1) is 17.3. The van der Waals surface area contributed by atoms with Crippen LogP contribution in [0.1, 0.15) is 31.7 Å². The zero-order valence-corrected chi connectivity index (χ0v) is 14.8. The van der Waals surface area contributed by atoms with Crippen molar-refractivity contribution in [3.63, 3.8) is 0 Å². The number of amides is 2. The zero-order chi connectivity index (χ0) is 16.9. The van der Waals surface area contributed by atoms with Crippen molar-refractivity contribution in [1.29, 1.82) is 0 Å². The molecule has 1 fully saturated rings. The van der Waals surface area contributed by atoms with Crippen LogP contribution in [-0.2, 0) is 11.2 Å². The van der Waals surface area contributed by atoms with Crippen LogP contribution >= 0.6 is 11.8 Å². The Bertz CT molecular complexity index is 592. The maximum absolute atomic E-state index is 11.5. The number of carbonyl (C=O) groups is 2. The van der Waals surface area contributed by atoms with Crippen molar-refractivity contribution in [2.24, 2.45) is 0 Å². The Kier molecular flexibility index (Phi) is 5.79. The molecule has 0 spiro atoms. The minimum absolute atomic E-state index is 0.0557. The molecular formula is C18H24N2O3S. The van der Waals surface area contributed by atoms with Gasteiger partial charge in [0.15, 0.2) is 0 Å². The number of nitrogens with one attached hydrogen (secondary N) is 1. The van der Waals surface area contributed by atoms with Crippen molar-refractivity contribution in [3.05, 3.63) is 29.8 Å². The van der Waals surface area contributed by atoms with Crippen LogP contribution in [0.2, 0.25) is 0 Å². The third kappa shape index (κ3) is 4.30. The van der Waals surface area contributed by atoms with E-state index in [1.165, 1.54) is 10.5 Å². The summed E-state index contributed by atoms with van der Waals surface area (Å²) in [6, 6.07) is 8.56. The minimum Gasteiger partial charge on any atom is -0.489 e. The molecule has 2 amide bonds. The van der Waals surface area contributed by atoms with Gasteiger partial charge in [0.05, 0.1) is 5.75 Å². The second-order valence-electron chi connectivity index (χ2n) is 6.44. The number of aryl methyl sites for hydroxylation is 1. The molecule has 3 rings (SSSR count). The quantitative estimate of drug-likeness (QED) is 0.821. The molecule has 0 bridgehead atoms. The van der Waals surface area contributed by atoms with Gasteiger partial charge in [0, 0.05) is 19.1 Å². The van der Waals surface area contributed by atoms with Gasteiger partial charge in [0.25, 0.3) is 5.24 Å². The van der Waals surface area contributed by atoms with Gasteiger partial charge in [-0.15, -0.1) is 0 Å². The summed E-state index contributed by atoms with van der Waals surface area (Å²) in [7, 11) is 0. The van der Waals surface area contributed by atoms with E-state index in [1.807, 2.05) is 12.1 Å². The summed E-state index contributed by atoms with van der Waals surface area (Å²) in [4.78, 5) is 24.4. The van der Waals surface area contributed by atoms with Crippen LogP contribution in [0.4, 0.5) is 4.79 Å². The second-order valence-corrected chi connectivity index (χ2v) is 7.36. The molecule has 1 aromatic rings. The Morgan fingerprint density at radius 3 is 3.00 bits per heavy atom. The Morgan fingerprint density at radius 1 is 1.38 bits per heavy atom. The molecule has 2 unspecified atom stereocenters. The lowest BCUT2D eigenvalue weighted by molar-refractivity contribution is -0.124. The molecule has 24 heavy (non-hydrogen) atoms. The van der Waals surface area contributed by atoms with Crippen LogP contribution in [0.25, 0.3) is 0 Å². The first-order valence-electron chi connectivity index (χ1n) is 8.58. The third-order valence-corrected chi connectivity index (χ3v) is 5.41. The molecule has 2 atom stereocenters. The van der Waals surface area contributed by atoms with Crippen LogP contribution in [0.15, 0.2) is 24.3 Å². The number of benzene rings is 1. The van der Waals surface area contributed by atoms with Gasteiger partial charge in [-0.1, -0.05) is 30.0 Å². The van der Waals surface area contributed by atoms with Gasteiger partial charge in [-0.25, -0.2) is 0 Å². The van der Waals surface area contributed by atoms with E-state index in [1.54, 1.807) is 0 Å². The van der Waals surface area contributed by atoms with Crippen molar-refractivity contribution in [2.45, 2.75) is 44.8 Å². The monoisotopic (exact) mass is 348 g/mol. The molecule has 2 heterocycles. The number of nitrogens with zero attached hydrogens (tertiary/aromatic N) is 1. The standard InChI is InChI=1S/C18H24N2O3S/c1-13(5-4-10-20-17(21)12-24-18(20)22)19-11-15-9-8-14-6-2-3-7-16(14)23-15/h2-3,6-7,13,15,19H,4-5,8-12H2,1H3. The maximum Gasteiger partial charge on any atom is 0.288 e. The topological polar surface area (TPSA) is 58.6 Å². The molecule has 6 heteroatoms. The van der Waals surface area contributed by atoms with Crippen molar-refractivity contribution < 1.29 is 14.3 Å². The van der Waals surface area contributed by atoms with Gasteiger partial charge in [-0.3, -0.25) is 14.5 Å². The molecule has 0 saturated carbocycles. The highest BCUT2D eigenvalue weighted by Crippen LogP contribution is 2.26. The summed E-state index contributed by atoms with van der Waals surface area (Å²) in [5.41, 5.74) is 1.29. The van der Waals surface area contributed by atoms with Crippen molar-refractivity contribution in [3.8, 4) is 5.75 Å². The van der Waals surface area contributed by atoms with Gasteiger partial charge in [0.1, 0.15) is 11.9 Å². The average molecular weight is 348 g/mol. The Morgan fingerprint density at radius 2 is 2.21 bits per heavy atom. The maximum atomic E-state index is 11.5. The van der Waals surface area contributed by atoms with Gasteiger partial charge < -0.3 is 10.1 Å². The van der Waals surface area contributed by atoms with Crippen molar-refractivity contribution in [1.82, 2.24) is 10.2 Å². The molecule has 2 aliphatic rings. The van der Waals surface area contributed by atoms with Crippen LogP contribution in [0.5, 0.6) is 5.75 Å². The second kappa shape index (κ2) is 8.03. The predicted octanol–water partition coefficient (Wildman–Crippen LogP) is 2.83. The Hall–Kier alpha value is -1.53. The van der Waals surface area contributed by atoms with E-state index in [2.05, 4.69) is 24.4 Å². The zero-order valence-electron chi connectivity index (χ0n) is 14.0. The van der Waals surface area contributed by atoms with Crippen LogP contribution in [-0.4, -0.2) is 47.0 Å². The fourth-order valence-electron chi connectivity index (χ4n) is 3.11. The molecule has 1 N–H and O–H groups in total. The van der Waals surface area contributed by atoms with E-state index in [0.29, 0.717) is 18.3 Å². The number of rotatable bonds is 7. The molecule has 130 valence electrons. The number of carbonyl (C=O) groups excluding carboxylic acids is 2. The lowest BCUT2D eigenvalue weighted by atomic mass is 10.0. The molecular weight excluding hydrogens is 324 g/mol. The first-order valence-corrected chi connectivity index (χ1v) is 9.57. The molecule has 1 aromatic carbocycles. The fourth-order valence-corrected chi connectivity index (χ4v) is 3.86. The minimum atomic E-state index is -0.102. The van der Waals surface area contributed by atoms with Gasteiger partial charge >= 0.3 is 0 Å². The summed E-state index contributed by atoms with van der Waals surface area (Å²) in [6.45, 7) is 3.50. The molecule has 0 aliphatic carbocycles. The number of hydrogen-bond acceptors (Lipinski definition) is 5. The third-order valence-electron chi connectivity index (χ3n) is 4.56. The molecule has 1 saturated heterocycles. The smallest absolute Gasteiger partial charge is 0.288 e. The Labute approximate surface area is 147 Å². The number of ether oxygens (including phenoxy) is 1. The largest absolute Gasteiger partial charge is 0.489 e.